The van der Waals surface area contributed by atoms with Crippen LogP contribution in [0.15, 0.2) is 170 Å². The zero-order valence-corrected chi connectivity index (χ0v) is 27.9. The topological polar surface area (TPSA) is 41.9 Å². The molecule has 7 aromatic rings. The predicted octanol–water partition coefficient (Wildman–Crippen LogP) is 11.5. The molecule has 2 aliphatic carbocycles. The first-order valence-electron chi connectivity index (χ1n) is 17.7. The van der Waals surface area contributed by atoms with Gasteiger partial charge < -0.3 is 4.90 Å². The van der Waals surface area contributed by atoms with E-state index in [1.165, 1.54) is 35.3 Å². The summed E-state index contributed by atoms with van der Waals surface area (Å²) >= 11 is 0. The summed E-state index contributed by atoms with van der Waals surface area (Å²) in [6.07, 6.45) is 10.6. The van der Waals surface area contributed by atoms with Crippen LogP contribution in [0.4, 0.5) is 11.4 Å². The van der Waals surface area contributed by atoms with E-state index in [2.05, 4.69) is 150 Å². The number of aromatic nitrogens is 3. The molecule has 0 amide bonds. The molecule has 3 atom stereocenters. The van der Waals surface area contributed by atoms with E-state index >= 15 is 0 Å². The van der Waals surface area contributed by atoms with Crippen LogP contribution in [0.25, 0.3) is 44.2 Å². The maximum absolute atomic E-state index is 4.98. The third kappa shape index (κ3) is 5.77. The first-order valence-corrected chi connectivity index (χ1v) is 17.7. The Morgan fingerprint density at radius 1 is 0.580 bits per heavy atom. The van der Waals surface area contributed by atoms with Crippen molar-refractivity contribution in [3.05, 3.63) is 176 Å². The Balaban J connectivity index is 1.05. The summed E-state index contributed by atoms with van der Waals surface area (Å²) in [5.74, 6) is 1.11. The smallest absolute Gasteiger partial charge is 0.0709 e. The molecule has 2 fully saturated rings. The van der Waals surface area contributed by atoms with Crippen LogP contribution in [-0.4, -0.2) is 20.5 Å². The first-order chi connectivity index (χ1) is 24.7. The van der Waals surface area contributed by atoms with E-state index in [9.17, 15) is 0 Å². The lowest BCUT2D eigenvalue weighted by atomic mass is 9.81. The lowest BCUT2D eigenvalue weighted by Crippen LogP contribution is -2.38. The number of hydrogen-bond acceptors (Lipinski definition) is 4. The highest BCUT2D eigenvalue weighted by atomic mass is 15.3. The molecule has 2 unspecified atom stereocenters. The summed E-state index contributed by atoms with van der Waals surface area (Å²) in [6.45, 7) is 0. The van der Waals surface area contributed by atoms with Crippen molar-refractivity contribution in [2.75, 3.05) is 4.90 Å². The zero-order valence-electron chi connectivity index (χ0n) is 27.9. The number of fused-ring (bicyclic) bond motifs is 3. The van der Waals surface area contributed by atoms with Gasteiger partial charge in [-0.15, -0.1) is 0 Å². The average Bonchev–Trinajstić information content (AvgIpc) is 3.91. The highest BCUT2D eigenvalue weighted by Gasteiger charge is 2.60. The maximum atomic E-state index is 4.98. The molecule has 9 rings (SSSR count). The molecule has 4 aromatic carbocycles. The third-order valence-electron chi connectivity index (χ3n) is 10.8. The summed E-state index contributed by atoms with van der Waals surface area (Å²) in [7, 11) is 0. The van der Waals surface area contributed by atoms with Gasteiger partial charge in [-0.25, -0.2) is 4.98 Å². The number of nitrogens with zero attached hydrogens (tertiary/aromatic N) is 4. The standard InChI is InChI=1S/C46H38N4/c1-2-4-12-38(31-47-27-9-3-1)36-25-26-46(30-40(46)29-36)50(41-20-15-33(16-21-41)39-28-37-11-6-7-13-43(37)48-32-39)42-22-17-35(18-23-42)45-24-19-34-10-5-8-14-44(34)49-45/h1-24,27-28,31-32,36,40H,25-26,29-30H2/t36?,40-,46?/m0/s1. The van der Waals surface area contributed by atoms with E-state index in [-0.39, 0.29) is 5.54 Å². The van der Waals surface area contributed by atoms with Gasteiger partial charge in [-0.1, -0.05) is 97.1 Å². The van der Waals surface area contributed by atoms with Gasteiger partial charge in [0.2, 0.25) is 0 Å². The van der Waals surface area contributed by atoms with Gasteiger partial charge in [0.15, 0.2) is 0 Å². The van der Waals surface area contributed by atoms with Gasteiger partial charge in [0.1, 0.15) is 0 Å². The molecular weight excluding hydrogens is 609 g/mol. The second kappa shape index (κ2) is 12.9. The van der Waals surface area contributed by atoms with Gasteiger partial charge in [-0.3, -0.25) is 9.97 Å². The largest absolute Gasteiger partial charge is 0.335 e. The summed E-state index contributed by atoms with van der Waals surface area (Å²) in [5.41, 5.74) is 10.4. The highest BCUT2D eigenvalue weighted by Crippen LogP contribution is 2.63. The number of para-hydroxylation sites is 2. The monoisotopic (exact) mass is 646 g/mol. The SMILES string of the molecule is c1cccncc(C2CCC3(N(c4ccc(-c5cnc6ccccc6c5)cc4)c4ccc(-c5ccc6ccccc6n5)cc4)C[C@@H]3C2)ccc1. The molecule has 4 heteroatoms. The Kier molecular flexibility index (Phi) is 7.77. The molecular formula is C46H38N4. The summed E-state index contributed by atoms with van der Waals surface area (Å²) in [6, 6.07) is 53.9. The van der Waals surface area contributed by atoms with Crippen molar-refractivity contribution >= 4 is 33.2 Å². The van der Waals surface area contributed by atoms with E-state index < -0.39 is 0 Å². The molecule has 2 saturated carbocycles. The third-order valence-corrected chi connectivity index (χ3v) is 10.8. The number of benzene rings is 4. The number of anilines is 2. The number of rotatable bonds is 6. The van der Waals surface area contributed by atoms with E-state index in [0.29, 0.717) is 11.8 Å². The van der Waals surface area contributed by atoms with Gasteiger partial charge in [0, 0.05) is 57.4 Å². The van der Waals surface area contributed by atoms with Crippen molar-refractivity contribution in [3.63, 3.8) is 0 Å². The second-order valence-corrected chi connectivity index (χ2v) is 13.8. The van der Waals surface area contributed by atoms with Gasteiger partial charge in [0.25, 0.3) is 0 Å². The zero-order chi connectivity index (χ0) is 33.3. The van der Waals surface area contributed by atoms with Crippen LogP contribution in [0, 0.1) is 5.92 Å². The molecule has 0 saturated heterocycles. The van der Waals surface area contributed by atoms with Crippen LogP contribution in [0.3, 0.4) is 0 Å². The van der Waals surface area contributed by atoms with Crippen LogP contribution < -0.4 is 4.90 Å². The fourth-order valence-electron chi connectivity index (χ4n) is 8.13. The van der Waals surface area contributed by atoms with E-state index in [1.807, 2.05) is 30.6 Å². The normalized spacial score (nSPS) is 19.4. The van der Waals surface area contributed by atoms with Crippen LogP contribution in [0.5, 0.6) is 0 Å². The molecule has 3 heterocycles. The van der Waals surface area contributed by atoms with E-state index in [0.717, 1.165) is 51.5 Å². The van der Waals surface area contributed by atoms with Gasteiger partial charge in [-0.05, 0) is 103 Å². The molecule has 0 N–H and O–H groups in total. The van der Waals surface area contributed by atoms with Gasteiger partial charge in [-0.2, -0.15) is 0 Å². The van der Waals surface area contributed by atoms with E-state index in [1.54, 1.807) is 0 Å². The molecule has 3 aromatic heterocycles. The number of pyridine rings is 2. The quantitative estimate of drug-likeness (QED) is 0.180. The molecule has 0 bridgehead atoms. The molecule has 242 valence electrons. The maximum Gasteiger partial charge on any atom is 0.0709 e. The summed E-state index contributed by atoms with van der Waals surface area (Å²) in [4.78, 5) is 17.0. The van der Waals surface area contributed by atoms with E-state index in [4.69, 9.17) is 9.97 Å². The first kappa shape index (κ1) is 30.2. The Morgan fingerprint density at radius 2 is 1.28 bits per heavy atom. The number of hydrogen-bond donors (Lipinski definition) is 0. The van der Waals surface area contributed by atoms with Crippen LogP contribution in [0.1, 0.15) is 37.2 Å². The van der Waals surface area contributed by atoms with Gasteiger partial charge >= 0.3 is 0 Å². The minimum atomic E-state index is 0.0946. The second-order valence-electron chi connectivity index (χ2n) is 13.8. The minimum absolute atomic E-state index is 0.0946. The fraction of sp³-hybridized carbons (Fsp3) is 0.152. The Labute approximate surface area is 293 Å². The Morgan fingerprint density at radius 3 is 2.10 bits per heavy atom. The van der Waals surface area contributed by atoms with Crippen molar-refractivity contribution in [1.82, 2.24) is 15.0 Å². The van der Waals surface area contributed by atoms with Crippen LogP contribution in [0.2, 0.25) is 0 Å². The molecule has 2 aliphatic rings. The molecule has 0 radical (unpaired) electrons. The Hall–Kier alpha value is -5.87. The van der Waals surface area contributed by atoms with Crippen molar-refractivity contribution in [3.8, 4) is 22.4 Å². The molecule has 50 heavy (non-hydrogen) atoms. The average molecular weight is 647 g/mol. The lowest BCUT2D eigenvalue weighted by molar-refractivity contribution is 0.380. The molecule has 4 nitrogen and oxygen atoms in total. The Bertz CT molecular complexity index is 2220. The lowest BCUT2D eigenvalue weighted by Gasteiger charge is -2.39. The summed E-state index contributed by atoms with van der Waals surface area (Å²) < 4.78 is 0. The molecule has 0 aliphatic heterocycles. The van der Waals surface area contributed by atoms with Crippen LogP contribution >= 0.6 is 0 Å². The minimum Gasteiger partial charge on any atom is -0.335 e. The predicted molar refractivity (Wildman–Crippen MR) is 206 cm³/mol. The van der Waals surface area contributed by atoms with Crippen molar-refractivity contribution < 1.29 is 0 Å². The summed E-state index contributed by atoms with van der Waals surface area (Å²) in [5, 5.41) is 2.32. The van der Waals surface area contributed by atoms with Crippen molar-refractivity contribution in [1.29, 1.82) is 0 Å². The fourth-order valence-corrected chi connectivity index (χ4v) is 8.13. The van der Waals surface area contributed by atoms with Crippen molar-refractivity contribution in [2.45, 2.75) is 37.1 Å². The highest BCUT2D eigenvalue weighted by molar-refractivity contribution is 5.84. The van der Waals surface area contributed by atoms with Crippen molar-refractivity contribution in [2.24, 2.45) is 5.92 Å². The van der Waals surface area contributed by atoms with Crippen LogP contribution in [-0.2, 0) is 0 Å². The van der Waals surface area contributed by atoms with Gasteiger partial charge in [0.05, 0.1) is 16.7 Å². The molecule has 0 spiro atoms.